The molecule has 4 heteroatoms. The first-order valence-electron chi connectivity index (χ1n) is 8.71. The van der Waals surface area contributed by atoms with Crippen LogP contribution in [-0.4, -0.2) is 54.0 Å². The molecule has 1 heterocycles. The molecular weight excluding hydrogens is 262 g/mol. The lowest BCUT2D eigenvalue weighted by molar-refractivity contribution is -0.136. The minimum Gasteiger partial charge on any atom is -0.339 e. The van der Waals surface area contributed by atoms with Crippen LogP contribution in [0, 0.1) is 5.41 Å². The van der Waals surface area contributed by atoms with E-state index in [0.29, 0.717) is 18.5 Å². The summed E-state index contributed by atoms with van der Waals surface area (Å²) < 4.78 is 0. The van der Waals surface area contributed by atoms with Crippen LogP contribution in [0.5, 0.6) is 0 Å². The second-order valence-electron chi connectivity index (χ2n) is 7.57. The second-order valence-corrected chi connectivity index (χ2v) is 7.57. The zero-order valence-electron chi connectivity index (χ0n) is 14.1. The van der Waals surface area contributed by atoms with Crippen molar-refractivity contribution < 1.29 is 4.79 Å². The number of nitrogens with zero attached hydrogens (tertiary/aromatic N) is 2. The number of hydrogen-bond donors (Lipinski definition) is 1. The molecule has 1 aliphatic heterocycles. The molecule has 2 N–H and O–H groups in total. The summed E-state index contributed by atoms with van der Waals surface area (Å²) in [5.74, 6) is 0.315. The van der Waals surface area contributed by atoms with Crippen LogP contribution in [0.15, 0.2) is 0 Å². The van der Waals surface area contributed by atoms with E-state index in [2.05, 4.69) is 30.6 Å². The Labute approximate surface area is 130 Å². The number of carbonyl (C=O) groups excluding carboxylic acids is 1. The average Bonchev–Trinajstić information content (AvgIpc) is 2.44. The van der Waals surface area contributed by atoms with E-state index in [1.807, 2.05) is 0 Å². The van der Waals surface area contributed by atoms with Gasteiger partial charge in [-0.2, -0.15) is 0 Å². The Hall–Kier alpha value is -0.610. The van der Waals surface area contributed by atoms with Crippen molar-refractivity contribution in [3.8, 4) is 0 Å². The van der Waals surface area contributed by atoms with Gasteiger partial charge in [-0.05, 0) is 31.6 Å². The molecule has 1 saturated heterocycles. The van der Waals surface area contributed by atoms with Crippen LogP contribution >= 0.6 is 0 Å². The van der Waals surface area contributed by atoms with Crippen molar-refractivity contribution in [2.24, 2.45) is 11.1 Å². The maximum absolute atomic E-state index is 12.7. The predicted molar refractivity (Wildman–Crippen MR) is 87.1 cm³/mol. The van der Waals surface area contributed by atoms with Crippen molar-refractivity contribution in [3.05, 3.63) is 0 Å². The monoisotopic (exact) mass is 295 g/mol. The minimum atomic E-state index is 0.112. The van der Waals surface area contributed by atoms with E-state index in [1.54, 1.807) is 0 Å². The third kappa shape index (κ3) is 4.19. The molecule has 122 valence electrons. The Balaban J connectivity index is 1.90. The largest absolute Gasteiger partial charge is 0.339 e. The SMILES string of the molecule is CCN(C(=O)CN1CCC(N)C(C)(C)C1)C1CCCCC1. The maximum atomic E-state index is 12.7. The summed E-state index contributed by atoms with van der Waals surface area (Å²) >= 11 is 0. The Kier molecular flexibility index (Phi) is 5.67. The number of amides is 1. The highest BCUT2D eigenvalue weighted by Crippen LogP contribution is 2.28. The first-order chi connectivity index (χ1) is 9.94. The highest BCUT2D eigenvalue weighted by Gasteiger charge is 2.35. The van der Waals surface area contributed by atoms with E-state index in [4.69, 9.17) is 5.73 Å². The Bertz CT molecular complexity index is 350. The van der Waals surface area contributed by atoms with Gasteiger partial charge in [-0.15, -0.1) is 0 Å². The quantitative estimate of drug-likeness (QED) is 0.865. The smallest absolute Gasteiger partial charge is 0.236 e. The standard InChI is InChI=1S/C17H33N3O/c1-4-20(14-8-6-5-7-9-14)16(21)12-19-11-10-15(18)17(2,3)13-19/h14-15H,4-13,18H2,1-3H3. The van der Waals surface area contributed by atoms with Crippen molar-refractivity contribution in [3.63, 3.8) is 0 Å². The molecule has 1 aliphatic carbocycles. The van der Waals surface area contributed by atoms with Crippen LogP contribution in [0.3, 0.4) is 0 Å². The van der Waals surface area contributed by atoms with Gasteiger partial charge >= 0.3 is 0 Å². The number of hydrogen-bond acceptors (Lipinski definition) is 3. The summed E-state index contributed by atoms with van der Waals surface area (Å²) in [4.78, 5) is 17.1. The summed E-state index contributed by atoms with van der Waals surface area (Å²) in [5.41, 5.74) is 6.30. The molecule has 0 bridgehead atoms. The summed E-state index contributed by atoms with van der Waals surface area (Å²) in [7, 11) is 0. The number of likely N-dealkylation sites (N-methyl/N-ethyl adjacent to an activating group) is 1. The van der Waals surface area contributed by atoms with Crippen LogP contribution in [0.25, 0.3) is 0 Å². The Morgan fingerprint density at radius 2 is 1.90 bits per heavy atom. The van der Waals surface area contributed by atoms with Gasteiger partial charge in [0.25, 0.3) is 0 Å². The molecule has 1 amide bonds. The number of piperidine rings is 1. The molecule has 21 heavy (non-hydrogen) atoms. The Morgan fingerprint density at radius 1 is 1.24 bits per heavy atom. The lowest BCUT2D eigenvalue weighted by Crippen LogP contribution is -2.55. The predicted octanol–water partition coefficient (Wildman–Crippen LogP) is 2.23. The average molecular weight is 295 g/mol. The van der Waals surface area contributed by atoms with Gasteiger partial charge in [0.1, 0.15) is 0 Å². The fourth-order valence-corrected chi connectivity index (χ4v) is 3.93. The summed E-state index contributed by atoms with van der Waals surface area (Å²) in [5, 5.41) is 0. The molecule has 2 rings (SSSR count). The summed E-state index contributed by atoms with van der Waals surface area (Å²) in [6.07, 6.45) is 7.27. The van der Waals surface area contributed by atoms with Crippen molar-refractivity contribution in [2.45, 2.75) is 71.4 Å². The highest BCUT2D eigenvalue weighted by atomic mass is 16.2. The third-order valence-electron chi connectivity index (χ3n) is 5.43. The molecule has 0 aromatic rings. The van der Waals surface area contributed by atoms with Crippen LogP contribution in [0.2, 0.25) is 0 Å². The molecule has 2 aliphatic rings. The molecular formula is C17H33N3O. The number of likely N-dealkylation sites (tertiary alicyclic amines) is 1. The number of nitrogens with two attached hydrogens (primary N) is 1. The van der Waals surface area contributed by atoms with Gasteiger partial charge < -0.3 is 10.6 Å². The van der Waals surface area contributed by atoms with E-state index in [9.17, 15) is 4.79 Å². The maximum Gasteiger partial charge on any atom is 0.236 e. The van der Waals surface area contributed by atoms with E-state index in [1.165, 1.54) is 32.1 Å². The molecule has 0 aromatic carbocycles. The molecule has 1 saturated carbocycles. The summed E-state index contributed by atoms with van der Waals surface area (Å²) in [6, 6.07) is 0.737. The van der Waals surface area contributed by atoms with Crippen LogP contribution in [0.1, 0.15) is 59.3 Å². The van der Waals surface area contributed by atoms with Gasteiger partial charge in [0, 0.05) is 31.7 Å². The number of carbonyl (C=O) groups is 1. The number of rotatable bonds is 4. The highest BCUT2D eigenvalue weighted by molar-refractivity contribution is 5.78. The van der Waals surface area contributed by atoms with Crippen LogP contribution in [0.4, 0.5) is 0 Å². The van der Waals surface area contributed by atoms with Crippen molar-refractivity contribution in [2.75, 3.05) is 26.2 Å². The van der Waals surface area contributed by atoms with Gasteiger partial charge in [0.15, 0.2) is 0 Å². The topological polar surface area (TPSA) is 49.6 Å². The molecule has 0 spiro atoms. The first kappa shape index (κ1) is 16.8. The lowest BCUT2D eigenvalue weighted by atomic mass is 9.80. The second kappa shape index (κ2) is 7.10. The van der Waals surface area contributed by atoms with E-state index >= 15 is 0 Å². The van der Waals surface area contributed by atoms with Crippen LogP contribution in [-0.2, 0) is 4.79 Å². The molecule has 4 nitrogen and oxygen atoms in total. The molecule has 0 radical (unpaired) electrons. The fourth-order valence-electron chi connectivity index (χ4n) is 3.93. The molecule has 2 fully saturated rings. The fraction of sp³-hybridized carbons (Fsp3) is 0.941. The normalized spacial score (nSPS) is 27.5. The van der Waals surface area contributed by atoms with E-state index in [-0.39, 0.29) is 11.5 Å². The molecule has 0 aromatic heterocycles. The van der Waals surface area contributed by atoms with Crippen molar-refractivity contribution in [1.29, 1.82) is 0 Å². The van der Waals surface area contributed by atoms with Gasteiger partial charge in [-0.25, -0.2) is 0 Å². The van der Waals surface area contributed by atoms with Crippen molar-refractivity contribution >= 4 is 5.91 Å². The molecule has 1 atom stereocenters. The molecule has 1 unspecified atom stereocenters. The zero-order valence-corrected chi connectivity index (χ0v) is 14.1. The third-order valence-corrected chi connectivity index (χ3v) is 5.43. The van der Waals surface area contributed by atoms with Gasteiger partial charge in [-0.1, -0.05) is 33.1 Å². The van der Waals surface area contributed by atoms with Gasteiger partial charge in [-0.3, -0.25) is 9.69 Å². The van der Waals surface area contributed by atoms with Crippen LogP contribution < -0.4 is 5.73 Å². The van der Waals surface area contributed by atoms with E-state index < -0.39 is 0 Å². The van der Waals surface area contributed by atoms with Gasteiger partial charge in [0.05, 0.1) is 6.54 Å². The van der Waals surface area contributed by atoms with Crippen molar-refractivity contribution in [1.82, 2.24) is 9.80 Å². The first-order valence-corrected chi connectivity index (χ1v) is 8.71. The minimum absolute atomic E-state index is 0.112. The Morgan fingerprint density at radius 3 is 2.48 bits per heavy atom. The van der Waals surface area contributed by atoms with E-state index in [0.717, 1.165) is 26.1 Å². The zero-order chi connectivity index (χ0) is 15.5. The van der Waals surface area contributed by atoms with Gasteiger partial charge in [0.2, 0.25) is 5.91 Å². The summed E-state index contributed by atoms with van der Waals surface area (Å²) in [6.45, 7) is 9.85. The lowest BCUT2D eigenvalue weighted by Gasteiger charge is -2.43.